The fourth-order valence-corrected chi connectivity index (χ4v) is 2.73. The number of rotatable bonds is 3. The second-order valence-electron chi connectivity index (χ2n) is 4.96. The molecule has 0 atom stereocenters. The van der Waals surface area contributed by atoms with Gasteiger partial charge in [0.2, 0.25) is 0 Å². The van der Waals surface area contributed by atoms with Crippen LogP contribution in [0.15, 0.2) is 24.3 Å². The van der Waals surface area contributed by atoms with Crippen LogP contribution in [0.4, 0.5) is 0 Å². The Morgan fingerprint density at radius 1 is 1.20 bits per heavy atom. The predicted molar refractivity (Wildman–Crippen MR) is 65.1 cm³/mol. The summed E-state index contributed by atoms with van der Waals surface area (Å²) in [6.45, 7) is 7.92. The molecule has 1 heteroatoms. The van der Waals surface area contributed by atoms with Crippen LogP contribution < -0.4 is 5.32 Å². The lowest BCUT2D eigenvalue weighted by atomic mass is 9.83. The van der Waals surface area contributed by atoms with Crippen LogP contribution in [0, 0.1) is 5.92 Å². The van der Waals surface area contributed by atoms with Gasteiger partial charge in [-0.05, 0) is 36.4 Å². The van der Waals surface area contributed by atoms with E-state index in [1.54, 1.807) is 0 Å². The van der Waals surface area contributed by atoms with Crippen LogP contribution in [0.25, 0.3) is 0 Å². The number of hydrogen-bond acceptors (Lipinski definition) is 1. The summed E-state index contributed by atoms with van der Waals surface area (Å²) in [6.07, 6.45) is 2.38. The van der Waals surface area contributed by atoms with Gasteiger partial charge in [-0.3, -0.25) is 0 Å². The number of fused-ring (bicyclic) bond motifs is 1. The molecule has 0 saturated heterocycles. The average Bonchev–Trinajstić information content (AvgIpc) is 2.57. The summed E-state index contributed by atoms with van der Waals surface area (Å²) in [4.78, 5) is 0. The normalized spacial score (nSPS) is 18.1. The Morgan fingerprint density at radius 2 is 1.73 bits per heavy atom. The lowest BCUT2D eigenvalue weighted by Gasteiger charge is -2.34. The molecule has 0 aromatic heterocycles. The van der Waals surface area contributed by atoms with E-state index in [2.05, 4.69) is 50.4 Å². The van der Waals surface area contributed by atoms with Gasteiger partial charge in [0, 0.05) is 5.54 Å². The van der Waals surface area contributed by atoms with E-state index in [0.717, 1.165) is 6.54 Å². The minimum absolute atomic E-state index is 0.304. The Labute approximate surface area is 92.9 Å². The first-order valence-electron chi connectivity index (χ1n) is 6.00. The van der Waals surface area contributed by atoms with Gasteiger partial charge in [-0.15, -0.1) is 0 Å². The molecule has 0 saturated carbocycles. The zero-order chi connectivity index (χ0) is 10.9. The van der Waals surface area contributed by atoms with E-state index in [-0.39, 0.29) is 0 Å². The van der Waals surface area contributed by atoms with Crippen molar-refractivity contribution in [3.05, 3.63) is 35.4 Å². The van der Waals surface area contributed by atoms with Crippen molar-refractivity contribution in [2.24, 2.45) is 5.92 Å². The molecule has 0 amide bonds. The Hall–Kier alpha value is -0.820. The molecule has 82 valence electrons. The van der Waals surface area contributed by atoms with Crippen LogP contribution in [0.3, 0.4) is 0 Å². The van der Waals surface area contributed by atoms with E-state index < -0.39 is 0 Å². The Bertz CT molecular complexity index is 316. The van der Waals surface area contributed by atoms with Gasteiger partial charge < -0.3 is 5.32 Å². The summed E-state index contributed by atoms with van der Waals surface area (Å²) in [7, 11) is 0. The molecular weight excluding hydrogens is 182 g/mol. The van der Waals surface area contributed by atoms with E-state index in [0.29, 0.717) is 11.5 Å². The summed E-state index contributed by atoms with van der Waals surface area (Å²) in [5.41, 5.74) is 3.37. The summed E-state index contributed by atoms with van der Waals surface area (Å²) < 4.78 is 0. The fraction of sp³-hybridized carbons (Fsp3) is 0.571. The Kier molecular flexibility index (Phi) is 2.83. The molecule has 0 fully saturated rings. The molecule has 1 aromatic carbocycles. The van der Waals surface area contributed by atoms with Crippen molar-refractivity contribution < 1.29 is 0 Å². The molecule has 0 bridgehead atoms. The third-order valence-corrected chi connectivity index (χ3v) is 3.76. The van der Waals surface area contributed by atoms with E-state index in [9.17, 15) is 0 Å². The lowest BCUT2D eigenvalue weighted by molar-refractivity contribution is 0.252. The molecule has 1 nitrogen and oxygen atoms in total. The molecule has 0 heterocycles. The van der Waals surface area contributed by atoms with Gasteiger partial charge >= 0.3 is 0 Å². The van der Waals surface area contributed by atoms with E-state index in [1.807, 2.05) is 0 Å². The first kappa shape index (κ1) is 10.7. The van der Waals surface area contributed by atoms with E-state index in [1.165, 1.54) is 24.0 Å². The molecule has 0 spiro atoms. The summed E-state index contributed by atoms with van der Waals surface area (Å²) in [6, 6.07) is 8.86. The largest absolute Gasteiger partial charge is 0.311 e. The highest BCUT2D eigenvalue weighted by molar-refractivity contribution is 5.36. The molecule has 15 heavy (non-hydrogen) atoms. The minimum Gasteiger partial charge on any atom is -0.311 e. The smallest absolute Gasteiger partial charge is 0.0285 e. The monoisotopic (exact) mass is 203 g/mol. The molecule has 1 aromatic rings. The number of nitrogens with one attached hydrogen (secondary N) is 1. The van der Waals surface area contributed by atoms with Crippen LogP contribution in [0.2, 0.25) is 0 Å². The maximum Gasteiger partial charge on any atom is 0.0285 e. The SMILES string of the molecule is CCNC1(C(C)C)Cc2ccccc2C1. The molecule has 0 unspecified atom stereocenters. The van der Waals surface area contributed by atoms with Crippen molar-refractivity contribution in [3.8, 4) is 0 Å². The summed E-state index contributed by atoms with van der Waals surface area (Å²) in [5, 5.41) is 3.70. The van der Waals surface area contributed by atoms with Crippen molar-refractivity contribution in [2.45, 2.75) is 39.2 Å². The summed E-state index contributed by atoms with van der Waals surface area (Å²) >= 11 is 0. The van der Waals surface area contributed by atoms with Gasteiger partial charge in [0.25, 0.3) is 0 Å². The quantitative estimate of drug-likeness (QED) is 0.796. The maximum absolute atomic E-state index is 3.70. The third-order valence-electron chi connectivity index (χ3n) is 3.76. The lowest BCUT2D eigenvalue weighted by Crippen LogP contribution is -2.50. The first-order valence-corrected chi connectivity index (χ1v) is 6.00. The van der Waals surface area contributed by atoms with Crippen LogP contribution in [-0.4, -0.2) is 12.1 Å². The zero-order valence-corrected chi connectivity index (χ0v) is 10.0. The van der Waals surface area contributed by atoms with Crippen molar-refractivity contribution >= 4 is 0 Å². The highest BCUT2D eigenvalue weighted by Gasteiger charge is 2.38. The maximum atomic E-state index is 3.70. The van der Waals surface area contributed by atoms with Crippen LogP contribution in [0.5, 0.6) is 0 Å². The van der Waals surface area contributed by atoms with Crippen molar-refractivity contribution in [1.29, 1.82) is 0 Å². The zero-order valence-electron chi connectivity index (χ0n) is 10.0. The molecule has 1 N–H and O–H groups in total. The Morgan fingerprint density at radius 3 is 2.13 bits per heavy atom. The topological polar surface area (TPSA) is 12.0 Å². The highest BCUT2D eigenvalue weighted by atomic mass is 15.0. The van der Waals surface area contributed by atoms with Gasteiger partial charge in [0.05, 0.1) is 0 Å². The van der Waals surface area contributed by atoms with Gasteiger partial charge in [-0.25, -0.2) is 0 Å². The fourth-order valence-electron chi connectivity index (χ4n) is 2.73. The molecular formula is C14H21N. The number of hydrogen-bond donors (Lipinski definition) is 1. The van der Waals surface area contributed by atoms with Crippen LogP contribution in [-0.2, 0) is 12.8 Å². The molecule has 1 aliphatic carbocycles. The molecule has 0 radical (unpaired) electrons. The van der Waals surface area contributed by atoms with Gasteiger partial charge in [-0.2, -0.15) is 0 Å². The molecule has 0 aliphatic heterocycles. The van der Waals surface area contributed by atoms with Crippen molar-refractivity contribution in [2.75, 3.05) is 6.54 Å². The van der Waals surface area contributed by atoms with Gasteiger partial charge in [0.15, 0.2) is 0 Å². The Balaban J connectivity index is 2.28. The third kappa shape index (κ3) is 1.81. The molecule has 2 rings (SSSR count). The second-order valence-corrected chi connectivity index (χ2v) is 4.96. The average molecular weight is 203 g/mol. The first-order chi connectivity index (χ1) is 7.18. The predicted octanol–water partition coefficient (Wildman–Crippen LogP) is 2.79. The molecule has 1 aliphatic rings. The number of likely N-dealkylation sites (N-methyl/N-ethyl adjacent to an activating group) is 1. The van der Waals surface area contributed by atoms with E-state index >= 15 is 0 Å². The summed E-state index contributed by atoms with van der Waals surface area (Å²) in [5.74, 6) is 0.685. The highest BCUT2D eigenvalue weighted by Crippen LogP contribution is 2.35. The van der Waals surface area contributed by atoms with Crippen molar-refractivity contribution in [3.63, 3.8) is 0 Å². The standard InChI is InChI=1S/C14H21N/c1-4-15-14(11(2)3)9-12-7-5-6-8-13(12)10-14/h5-8,11,15H,4,9-10H2,1-3H3. The van der Waals surface area contributed by atoms with E-state index in [4.69, 9.17) is 0 Å². The van der Waals surface area contributed by atoms with Crippen LogP contribution >= 0.6 is 0 Å². The second kappa shape index (κ2) is 3.97. The van der Waals surface area contributed by atoms with Crippen molar-refractivity contribution in [1.82, 2.24) is 5.32 Å². The van der Waals surface area contributed by atoms with Gasteiger partial charge in [-0.1, -0.05) is 45.0 Å². The minimum atomic E-state index is 0.304. The van der Waals surface area contributed by atoms with Crippen LogP contribution in [0.1, 0.15) is 31.9 Å². The number of benzene rings is 1. The van der Waals surface area contributed by atoms with Gasteiger partial charge in [0.1, 0.15) is 0 Å².